The molecule has 0 aromatic rings. The number of aliphatic carboxylic acids is 1. The maximum absolute atomic E-state index is 11.9. The Morgan fingerprint density at radius 3 is 2.31 bits per heavy atom. The topological polar surface area (TPSA) is 66.4 Å². The normalized spacial score (nSPS) is 26.8. The van der Waals surface area contributed by atoms with Gasteiger partial charge in [0.2, 0.25) is 5.91 Å². The Kier molecular flexibility index (Phi) is 4.33. The molecule has 0 spiro atoms. The summed E-state index contributed by atoms with van der Waals surface area (Å²) in [5, 5.41) is 11.6. The number of carboxylic acids is 1. The van der Waals surface area contributed by atoms with Crippen LogP contribution >= 0.6 is 0 Å². The highest BCUT2D eigenvalue weighted by Crippen LogP contribution is 2.31. The van der Waals surface area contributed by atoms with Gasteiger partial charge in [-0.05, 0) is 24.7 Å². The summed E-state index contributed by atoms with van der Waals surface area (Å²) in [5.41, 5.74) is 0. The lowest BCUT2D eigenvalue weighted by molar-refractivity contribution is -0.144. The molecule has 1 aliphatic rings. The largest absolute Gasteiger partial charge is 0.480 e. The molecule has 0 heterocycles. The Morgan fingerprint density at radius 1 is 1.31 bits per heavy atom. The second-order valence-corrected chi connectivity index (χ2v) is 5.08. The average molecular weight is 227 g/mol. The maximum Gasteiger partial charge on any atom is 0.326 e. The van der Waals surface area contributed by atoms with Crippen LogP contribution in [0.5, 0.6) is 0 Å². The lowest BCUT2D eigenvalue weighted by atomic mass is 9.96. The maximum atomic E-state index is 11.9. The molecule has 0 radical (unpaired) electrons. The van der Waals surface area contributed by atoms with E-state index in [-0.39, 0.29) is 17.7 Å². The van der Waals surface area contributed by atoms with Crippen LogP contribution in [0.3, 0.4) is 0 Å². The first-order valence-electron chi connectivity index (χ1n) is 5.96. The van der Waals surface area contributed by atoms with Crippen molar-refractivity contribution in [2.75, 3.05) is 0 Å². The van der Waals surface area contributed by atoms with Gasteiger partial charge in [-0.1, -0.05) is 27.2 Å². The van der Waals surface area contributed by atoms with Crippen LogP contribution in [-0.2, 0) is 9.59 Å². The second-order valence-electron chi connectivity index (χ2n) is 5.08. The third kappa shape index (κ3) is 2.97. The number of carboxylic acid groups (broad SMARTS) is 1. The van der Waals surface area contributed by atoms with Crippen LogP contribution in [0.4, 0.5) is 0 Å². The van der Waals surface area contributed by atoms with Crippen molar-refractivity contribution in [2.45, 2.75) is 46.1 Å². The SMILES string of the molecule is CC1CCCC1C(=O)N[C@@H](C(=O)O)C(C)C. The molecule has 4 nitrogen and oxygen atoms in total. The molecule has 1 amide bonds. The molecule has 0 saturated heterocycles. The monoisotopic (exact) mass is 227 g/mol. The lowest BCUT2D eigenvalue weighted by Gasteiger charge is -2.22. The predicted molar refractivity (Wildman–Crippen MR) is 60.9 cm³/mol. The fourth-order valence-electron chi connectivity index (χ4n) is 2.31. The van der Waals surface area contributed by atoms with E-state index in [1.165, 1.54) is 0 Å². The summed E-state index contributed by atoms with van der Waals surface area (Å²) in [5.74, 6) is -0.750. The molecule has 0 aliphatic heterocycles. The van der Waals surface area contributed by atoms with Crippen LogP contribution in [0.25, 0.3) is 0 Å². The van der Waals surface area contributed by atoms with Gasteiger partial charge in [0.1, 0.15) is 6.04 Å². The van der Waals surface area contributed by atoms with E-state index in [0.717, 1.165) is 19.3 Å². The molecule has 4 heteroatoms. The van der Waals surface area contributed by atoms with Crippen molar-refractivity contribution in [3.63, 3.8) is 0 Å². The van der Waals surface area contributed by atoms with E-state index in [1.807, 2.05) is 0 Å². The third-order valence-corrected chi connectivity index (χ3v) is 3.43. The zero-order chi connectivity index (χ0) is 12.3. The van der Waals surface area contributed by atoms with Gasteiger partial charge in [-0.15, -0.1) is 0 Å². The van der Waals surface area contributed by atoms with Crippen molar-refractivity contribution >= 4 is 11.9 Å². The molecule has 0 bridgehead atoms. The van der Waals surface area contributed by atoms with Crippen molar-refractivity contribution in [1.29, 1.82) is 0 Å². The standard InChI is InChI=1S/C12H21NO3/c1-7(2)10(12(15)16)13-11(14)9-6-4-5-8(9)3/h7-10H,4-6H2,1-3H3,(H,13,14)(H,15,16)/t8?,9?,10-/m1/s1. The van der Waals surface area contributed by atoms with Crippen LogP contribution in [0.15, 0.2) is 0 Å². The molecule has 2 unspecified atom stereocenters. The van der Waals surface area contributed by atoms with Crippen molar-refractivity contribution < 1.29 is 14.7 Å². The zero-order valence-corrected chi connectivity index (χ0v) is 10.2. The summed E-state index contributed by atoms with van der Waals surface area (Å²) >= 11 is 0. The molecule has 0 aromatic carbocycles. The average Bonchev–Trinajstić information content (AvgIpc) is 2.59. The Hall–Kier alpha value is -1.06. The van der Waals surface area contributed by atoms with Gasteiger partial charge in [0.15, 0.2) is 0 Å². The van der Waals surface area contributed by atoms with Crippen molar-refractivity contribution in [3.8, 4) is 0 Å². The van der Waals surface area contributed by atoms with Gasteiger partial charge < -0.3 is 10.4 Å². The Balaban J connectivity index is 2.58. The van der Waals surface area contributed by atoms with Crippen molar-refractivity contribution in [2.24, 2.45) is 17.8 Å². The Bertz CT molecular complexity index is 275. The molecular formula is C12H21NO3. The molecule has 1 aliphatic carbocycles. The van der Waals surface area contributed by atoms with Crippen molar-refractivity contribution in [1.82, 2.24) is 5.32 Å². The van der Waals surface area contributed by atoms with E-state index >= 15 is 0 Å². The predicted octanol–water partition coefficient (Wildman–Crippen LogP) is 1.65. The van der Waals surface area contributed by atoms with Gasteiger partial charge in [0, 0.05) is 5.92 Å². The van der Waals surface area contributed by atoms with E-state index in [9.17, 15) is 9.59 Å². The summed E-state index contributed by atoms with van der Waals surface area (Å²) in [6.45, 7) is 5.66. The second kappa shape index (κ2) is 5.32. The third-order valence-electron chi connectivity index (χ3n) is 3.43. The number of rotatable bonds is 4. The molecule has 1 saturated carbocycles. The van der Waals surface area contributed by atoms with E-state index in [0.29, 0.717) is 5.92 Å². The molecule has 0 aromatic heterocycles. The highest BCUT2D eigenvalue weighted by molar-refractivity contribution is 5.85. The molecular weight excluding hydrogens is 206 g/mol. The van der Waals surface area contributed by atoms with Crippen LogP contribution in [0, 0.1) is 17.8 Å². The summed E-state index contributed by atoms with van der Waals surface area (Å²) in [7, 11) is 0. The quantitative estimate of drug-likeness (QED) is 0.767. The van der Waals surface area contributed by atoms with Crippen molar-refractivity contribution in [3.05, 3.63) is 0 Å². The summed E-state index contributed by atoms with van der Waals surface area (Å²) < 4.78 is 0. The number of carbonyl (C=O) groups excluding carboxylic acids is 1. The van der Waals surface area contributed by atoms with Crippen LogP contribution < -0.4 is 5.32 Å². The van der Waals surface area contributed by atoms with Gasteiger partial charge >= 0.3 is 5.97 Å². The smallest absolute Gasteiger partial charge is 0.326 e. The molecule has 16 heavy (non-hydrogen) atoms. The fourth-order valence-corrected chi connectivity index (χ4v) is 2.31. The first-order valence-corrected chi connectivity index (χ1v) is 5.96. The van der Waals surface area contributed by atoms with Gasteiger partial charge in [0.25, 0.3) is 0 Å². The molecule has 1 rings (SSSR count). The first kappa shape index (κ1) is 13.0. The van der Waals surface area contributed by atoms with E-state index in [4.69, 9.17) is 5.11 Å². The van der Waals surface area contributed by atoms with Gasteiger partial charge in [-0.3, -0.25) is 4.79 Å². The van der Waals surface area contributed by atoms with E-state index < -0.39 is 12.0 Å². The van der Waals surface area contributed by atoms with E-state index in [2.05, 4.69) is 12.2 Å². The van der Waals surface area contributed by atoms with Gasteiger partial charge in [-0.2, -0.15) is 0 Å². The summed E-state index contributed by atoms with van der Waals surface area (Å²) in [6, 6.07) is -0.764. The summed E-state index contributed by atoms with van der Waals surface area (Å²) in [4.78, 5) is 22.9. The molecule has 3 atom stereocenters. The Morgan fingerprint density at radius 2 is 1.94 bits per heavy atom. The van der Waals surface area contributed by atoms with Crippen LogP contribution in [-0.4, -0.2) is 23.0 Å². The number of hydrogen-bond acceptors (Lipinski definition) is 2. The number of carbonyl (C=O) groups is 2. The highest BCUT2D eigenvalue weighted by atomic mass is 16.4. The number of nitrogens with one attached hydrogen (secondary N) is 1. The zero-order valence-electron chi connectivity index (χ0n) is 10.2. The number of amides is 1. The fraction of sp³-hybridized carbons (Fsp3) is 0.833. The first-order chi connectivity index (χ1) is 7.43. The van der Waals surface area contributed by atoms with E-state index in [1.54, 1.807) is 13.8 Å². The number of hydrogen-bond donors (Lipinski definition) is 2. The highest BCUT2D eigenvalue weighted by Gasteiger charge is 2.32. The van der Waals surface area contributed by atoms with Gasteiger partial charge in [-0.25, -0.2) is 4.79 Å². The lowest BCUT2D eigenvalue weighted by Crippen LogP contribution is -2.47. The molecule has 1 fully saturated rings. The minimum absolute atomic E-state index is 0.000556. The summed E-state index contributed by atoms with van der Waals surface area (Å²) in [6.07, 6.45) is 3.02. The minimum atomic E-state index is -0.950. The molecule has 92 valence electrons. The minimum Gasteiger partial charge on any atom is -0.480 e. The Labute approximate surface area is 96.4 Å². The van der Waals surface area contributed by atoms with Crippen LogP contribution in [0.1, 0.15) is 40.0 Å². The van der Waals surface area contributed by atoms with Gasteiger partial charge in [0.05, 0.1) is 0 Å². The van der Waals surface area contributed by atoms with Crippen LogP contribution in [0.2, 0.25) is 0 Å². The molecule has 2 N–H and O–H groups in total.